The zero-order valence-electron chi connectivity index (χ0n) is 21.1. The van der Waals surface area contributed by atoms with Crippen molar-refractivity contribution in [3.63, 3.8) is 0 Å². The molecular weight excluding hydrogens is 446 g/mol. The molecule has 3 nitrogen and oxygen atoms in total. The van der Waals surface area contributed by atoms with Crippen molar-refractivity contribution in [2.75, 3.05) is 0 Å². The number of rotatable bonds is 4. The average Bonchev–Trinajstić information content (AvgIpc) is 2.73. The van der Waals surface area contributed by atoms with E-state index < -0.39 is 19.5 Å². The van der Waals surface area contributed by atoms with Gasteiger partial charge in [-0.3, -0.25) is 0 Å². The van der Waals surface area contributed by atoms with Crippen LogP contribution in [0.4, 0.5) is 0 Å². The fraction of sp³-hybridized carbons (Fsp3) is 0.786. The van der Waals surface area contributed by atoms with Gasteiger partial charge in [0, 0.05) is 12.8 Å². The van der Waals surface area contributed by atoms with Crippen LogP contribution in [0.3, 0.4) is 0 Å². The summed E-state index contributed by atoms with van der Waals surface area (Å²) in [6.45, 7) is 9.02. The molecule has 2 saturated carbocycles. The largest absolute Gasteiger partial charge is 0.339 e. The molecule has 0 radical (unpaired) electrons. The fourth-order valence-corrected chi connectivity index (χ4v) is 16.9. The van der Waals surface area contributed by atoms with Crippen molar-refractivity contribution in [1.82, 2.24) is 0 Å². The third-order valence-corrected chi connectivity index (χ3v) is 15.9. The first-order chi connectivity index (χ1) is 15.7. The van der Waals surface area contributed by atoms with E-state index in [1.165, 1.54) is 64.2 Å². The highest BCUT2D eigenvalue weighted by Crippen LogP contribution is 2.76. The van der Waals surface area contributed by atoms with Crippen LogP contribution >= 0.6 is 15.8 Å². The van der Waals surface area contributed by atoms with Crippen LogP contribution in [0.2, 0.25) is 0 Å². The molecule has 4 heterocycles. The molecule has 6 aliphatic rings. The summed E-state index contributed by atoms with van der Waals surface area (Å²) < 4.78 is 20.1. The van der Waals surface area contributed by atoms with Crippen LogP contribution in [0.1, 0.15) is 105 Å². The van der Waals surface area contributed by atoms with E-state index in [9.17, 15) is 0 Å². The molecule has 1 aromatic rings. The first kappa shape index (κ1) is 23.4. The second-order valence-electron chi connectivity index (χ2n) is 12.1. The number of hydrogen-bond donors (Lipinski definition) is 0. The summed E-state index contributed by atoms with van der Waals surface area (Å²) in [6, 6.07) is 9.61. The van der Waals surface area contributed by atoms with Gasteiger partial charge in [-0.1, -0.05) is 70.7 Å². The molecule has 4 unspecified atom stereocenters. The van der Waals surface area contributed by atoms with E-state index >= 15 is 0 Å². The van der Waals surface area contributed by atoms with Gasteiger partial charge in [0.15, 0.2) is 11.6 Å². The zero-order valence-corrected chi connectivity index (χ0v) is 22.9. The van der Waals surface area contributed by atoms with Crippen molar-refractivity contribution >= 4 is 26.5 Å². The van der Waals surface area contributed by atoms with Gasteiger partial charge in [-0.25, -0.2) is 0 Å². The highest BCUT2D eigenvalue weighted by Gasteiger charge is 2.71. The van der Waals surface area contributed by atoms with E-state index in [-0.39, 0.29) is 18.6 Å². The number of ether oxygens (including phenoxy) is 3. The topological polar surface area (TPSA) is 27.7 Å². The monoisotopic (exact) mass is 488 g/mol. The summed E-state index contributed by atoms with van der Waals surface area (Å²) in [7, 11) is -0.785. The van der Waals surface area contributed by atoms with E-state index in [1.54, 1.807) is 10.6 Å². The molecule has 33 heavy (non-hydrogen) atoms. The first-order valence-electron chi connectivity index (χ1n) is 13.5. The SMILES string of the molecule is CC12CC3(C)OC(C)(CC(C)(O1)P3c1ccccc1P(C1CCCCC1)C1CCCCC1)O2. The Balaban J connectivity index is 1.44. The molecule has 4 atom stereocenters. The molecular formula is C28H42O3P2. The molecule has 182 valence electrons. The van der Waals surface area contributed by atoms with E-state index in [1.807, 2.05) is 0 Å². The van der Waals surface area contributed by atoms with Crippen LogP contribution < -0.4 is 10.6 Å². The standard InChI is InChI=1S/C28H42O3P2/c1-25-19-27(3)31-26(2,29-25)20-28(4,30-25)33(27)24-18-12-11-17-23(24)32(21-13-7-5-8-14-21)22-15-9-6-10-16-22/h11-12,17-18,21-22H,5-10,13-16,19-20H2,1-4H3. The summed E-state index contributed by atoms with van der Waals surface area (Å²) >= 11 is 0. The van der Waals surface area contributed by atoms with E-state index in [2.05, 4.69) is 52.0 Å². The lowest BCUT2D eigenvalue weighted by molar-refractivity contribution is -0.467. The lowest BCUT2D eigenvalue weighted by Gasteiger charge is -2.70. The van der Waals surface area contributed by atoms with Crippen LogP contribution in [-0.4, -0.2) is 33.6 Å². The van der Waals surface area contributed by atoms with Crippen molar-refractivity contribution in [2.45, 2.75) is 138 Å². The second-order valence-corrected chi connectivity index (χ2v) is 17.9. The molecule has 1 aromatic carbocycles. The summed E-state index contributed by atoms with van der Waals surface area (Å²) in [6.07, 6.45) is 16.0. The molecule has 7 rings (SSSR count). The van der Waals surface area contributed by atoms with Crippen LogP contribution in [0.25, 0.3) is 0 Å². The lowest BCUT2D eigenvalue weighted by Crippen LogP contribution is -2.72. The third kappa shape index (κ3) is 3.97. The van der Waals surface area contributed by atoms with E-state index in [4.69, 9.17) is 14.2 Å². The van der Waals surface area contributed by atoms with Gasteiger partial charge in [-0.2, -0.15) is 0 Å². The minimum absolute atomic E-state index is 0.153. The molecule has 4 saturated heterocycles. The molecule has 6 fully saturated rings. The Morgan fingerprint density at radius 1 is 0.697 bits per heavy atom. The zero-order chi connectivity index (χ0) is 22.9. The maximum atomic E-state index is 6.86. The van der Waals surface area contributed by atoms with Crippen molar-refractivity contribution in [3.05, 3.63) is 24.3 Å². The Morgan fingerprint density at radius 3 is 1.70 bits per heavy atom. The van der Waals surface area contributed by atoms with Gasteiger partial charge in [-0.05, 0) is 83.2 Å². The van der Waals surface area contributed by atoms with E-state index in [0.717, 1.165) is 24.2 Å². The first-order valence-corrected chi connectivity index (χ1v) is 16.3. The molecule has 0 aromatic heterocycles. The highest BCUT2D eigenvalue weighted by atomic mass is 31.1. The Labute approximate surface area is 203 Å². The molecule has 5 heteroatoms. The Kier molecular flexibility index (Phi) is 5.84. The Hall–Kier alpha value is -0.0400. The fourth-order valence-electron chi connectivity index (χ4n) is 8.38. The summed E-state index contributed by atoms with van der Waals surface area (Å²) in [5.74, 6) is -1.06. The molecule has 4 bridgehead atoms. The highest BCUT2D eigenvalue weighted by molar-refractivity contribution is 7.74. The van der Waals surface area contributed by atoms with Crippen LogP contribution in [-0.2, 0) is 14.2 Å². The molecule has 2 aliphatic carbocycles. The summed E-state index contributed by atoms with van der Waals surface area (Å²) in [5, 5.41) is 2.93. The van der Waals surface area contributed by atoms with Gasteiger partial charge in [0.2, 0.25) is 0 Å². The maximum absolute atomic E-state index is 6.86. The van der Waals surface area contributed by atoms with Crippen molar-refractivity contribution < 1.29 is 14.2 Å². The number of hydrogen-bond acceptors (Lipinski definition) is 3. The van der Waals surface area contributed by atoms with Crippen LogP contribution in [0.15, 0.2) is 24.3 Å². The smallest absolute Gasteiger partial charge is 0.173 e. The van der Waals surface area contributed by atoms with Gasteiger partial charge >= 0.3 is 0 Å². The minimum atomic E-state index is -0.632. The minimum Gasteiger partial charge on any atom is -0.339 e. The van der Waals surface area contributed by atoms with Gasteiger partial charge in [0.05, 0.1) is 10.7 Å². The van der Waals surface area contributed by atoms with Crippen molar-refractivity contribution in [1.29, 1.82) is 0 Å². The molecule has 4 aliphatic heterocycles. The van der Waals surface area contributed by atoms with Crippen molar-refractivity contribution in [3.8, 4) is 0 Å². The Bertz CT molecular complexity index is 829. The predicted octanol–water partition coefficient (Wildman–Crippen LogP) is 7.30. The predicted molar refractivity (Wildman–Crippen MR) is 139 cm³/mol. The maximum Gasteiger partial charge on any atom is 0.173 e. The van der Waals surface area contributed by atoms with Gasteiger partial charge in [0.1, 0.15) is 0 Å². The van der Waals surface area contributed by atoms with Gasteiger partial charge in [0.25, 0.3) is 0 Å². The second kappa shape index (κ2) is 8.24. The Morgan fingerprint density at radius 2 is 1.18 bits per heavy atom. The molecule has 0 N–H and O–H groups in total. The van der Waals surface area contributed by atoms with Crippen LogP contribution in [0, 0.1) is 0 Å². The normalized spacial score (nSPS) is 44.0. The average molecular weight is 489 g/mol. The van der Waals surface area contributed by atoms with Crippen LogP contribution in [0.5, 0.6) is 0 Å². The summed E-state index contributed by atoms with van der Waals surface area (Å²) in [5.41, 5.74) is 1.82. The quantitative estimate of drug-likeness (QED) is 0.416. The van der Waals surface area contributed by atoms with E-state index in [0.29, 0.717) is 0 Å². The third-order valence-electron chi connectivity index (χ3n) is 8.88. The number of benzene rings is 1. The van der Waals surface area contributed by atoms with Gasteiger partial charge in [-0.15, -0.1) is 0 Å². The molecule has 0 amide bonds. The van der Waals surface area contributed by atoms with Gasteiger partial charge < -0.3 is 14.2 Å². The summed E-state index contributed by atoms with van der Waals surface area (Å²) in [4.78, 5) is 0. The molecule has 0 spiro atoms. The van der Waals surface area contributed by atoms with Crippen molar-refractivity contribution in [2.24, 2.45) is 0 Å². The lowest BCUT2D eigenvalue weighted by atomic mass is 9.98.